The van der Waals surface area contributed by atoms with Crippen molar-refractivity contribution in [1.29, 1.82) is 0 Å². The third-order valence-corrected chi connectivity index (χ3v) is 5.76. The molecule has 1 aromatic heterocycles. The van der Waals surface area contributed by atoms with E-state index in [1.165, 1.54) is 0 Å². The fourth-order valence-electron chi connectivity index (χ4n) is 1.48. The molecule has 0 aliphatic rings. The molecule has 0 bridgehead atoms. The van der Waals surface area contributed by atoms with Crippen LogP contribution in [0.4, 0.5) is 0 Å². The first-order chi connectivity index (χ1) is 9.71. The molecule has 0 spiro atoms. The summed E-state index contributed by atoms with van der Waals surface area (Å²) in [5.74, 6) is 0.446. The molecule has 0 aliphatic carbocycles. The first kappa shape index (κ1) is 26.4. The van der Waals surface area contributed by atoms with E-state index in [2.05, 4.69) is 10.3 Å². The number of hydrogen-bond donors (Lipinski definition) is 3. The van der Waals surface area contributed by atoms with Crippen LogP contribution in [0.25, 0.3) is 0 Å². The maximum absolute atomic E-state index is 10.9. The van der Waals surface area contributed by atoms with Crippen molar-refractivity contribution in [2.45, 2.75) is 18.4 Å². The number of aromatic nitrogens is 1. The number of ether oxygens (including phenoxy) is 1. The van der Waals surface area contributed by atoms with Crippen LogP contribution in [-0.2, 0) is 9.13 Å². The molecule has 1 aromatic rings. The molecular weight excluding hydrogens is 368 g/mol. The summed E-state index contributed by atoms with van der Waals surface area (Å²) in [7, 11) is -10.5. The Hall–Kier alpha value is 1.21. The second kappa shape index (κ2) is 12.5. The van der Waals surface area contributed by atoms with Crippen molar-refractivity contribution < 1.29 is 92.6 Å². The van der Waals surface area contributed by atoms with Crippen molar-refractivity contribution in [3.8, 4) is 5.88 Å². The van der Waals surface area contributed by atoms with Gasteiger partial charge in [-0.15, -0.1) is 0 Å². The third-order valence-electron chi connectivity index (χ3n) is 2.40. The average molecular weight is 384 g/mol. The van der Waals surface area contributed by atoms with Crippen LogP contribution in [0.1, 0.15) is 12.8 Å². The van der Waals surface area contributed by atoms with E-state index in [1.54, 1.807) is 24.4 Å². The Labute approximate surface area is 178 Å². The molecule has 3 N–H and O–H groups in total. The summed E-state index contributed by atoms with van der Waals surface area (Å²) in [6.07, 6.45) is 2.45. The Bertz CT molecular complexity index is 503. The molecule has 0 radical (unpaired) electrons. The van der Waals surface area contributed by atoms with Gasteiger partial charge in [0.2, 0.25) is 5.88 Å². The zero-order chi connectivity index (χ0) is 15.9. The largest absolute Gasteiger partial charge is 1.00 e. The molecule has 0 aliphatic heterocycles. The van der Waals surface area contributed by atoms with Crippen LogP contribution in [0.5, 0.6) is 5.88 Å². The fraction of sp³-hybridized carbons (Fsp3) is 0.500. The Morgan fingerprint density at radius 1 is 1.22 bits per heavy atom. The summed E-state index contributed by atoms with van der Waals surface area (Å²) in [6, 6.07) is 5.17. The molecule has 0 aromatic carbocycles. The van der Waals surface area contributed by atoms with Crippen molar-refractivity contribution in [2.75, 3.05) is 13.2 Å². The molecule has 0 amide bonds. The number of nitrogens with one attached hydrogen (secondary N) is 1. The molecule has 0 fully saturated rings. The molecule has 23 heavy (non-hydrogen) atoms. The van der Waals surface area contributed by atoms with Gasteiger partial charge in [-0.3, -0.25) is 9.88 Å². The average Bonchev–Trinajstić information content (AvgIpc) is 2.35. The summed E-state index contributed by atoms with van der Waals surface area (Å²) in [6.45, 7) is 0.279. The third kappa shape index (κ3) is 11.4. The van der Waals surface area contributed by atoms with E-state index in [1.807, 2.05) is 0 Å². The van der Waals surface area contributed by atoms with Gasteiger partial charge in [0.1, 0.15) is 5.52 Å². The maximum Gasteiger partial charge on any atom is 1.00 e. The normalized spacial score (nSPS) is 12.7. The van der Waals surface area contributed by atoms with Crippen molar-refractivity contribution in [3.05, 3.63) is 24.4 Å². The van der Waals surface area contributed by atoms with Gasteiger partial charge in [-0.05, 0) is 33.0 Å². The predicted molar refractivity (Wildman–Crippen MR) is 70.4 cm³/mol. The van der Waals surface area contributed by atoms with E-state index in [0.717, 1.165) is 0 Å². The Kier molecular flexibility index (Phi) is 14.4. The zero-order valence-electron chi connectivity index (χ0n) is 13.0. The van der Waals surface area contributed by atoms with E-state index in [9.17, 15) is 18.9 Å². The number of hydrogen-bond acceptors (Lipinski definition) is 7. The number of rotatable bonds is 9. The Morgan fingerprint density at radius 2 is 1.87 bits per heavy atom. The van der Waals surface area contributed by atoms with Gasteiger partial charge in [0.15, 0.2) is 0 Å². The smallest absolute Gasteiger partial charge is 0.809 e. The number of nitrogens with zero attached hydrogens (tertiary/aromatic N) is 1. The van der Waals surface area contributed by atoms with Crippen LogP contribution in [-0.4, -0.2) is 33.4 Å². The molecule has 1 unspecified atom stereocenters. The van der Waals surface area contributed by atoms with E-state index in [0.29, 0.717) is 25.3 Å². The minimum Gasteiger partial charge on any atom is -0.809 e. The molecule has 13 heteroatoms. The van der Waals surface area contributed by atoms with E-state index in [-0.39, 0.29) is 65.7 Å². The minimum atomic E-state index is -5.42. The maximum atomic E-state index is 10.9. The van der Waals surface area contributed by atoms with Gasteiger partial charge < -0.3 is 28.9 Å². The van der Waals surface area contributed by atoms with Gasteiger partial charge >= 0.3 is 66.7 Å². The van der Waals surface area contributed by atoms with Crippen molar-refractivity contribution in [1.82, 2.24) is 10.3 Å². The summed E-state index contributed by atoms with van der Waals surface area (Å²) in [4.78, 5) is 43.1. The monoisotopic (exact) mass is 384 g/mol. The molecule has 9 nitrogen and oxygen atoms in total. The molecule has 120 valence electrons. The summed E-state index contributed by atoms with van der Waals surface area (Å²) in [5, 5.41) is 2.08. The van der Waals surface area contributed by atoms with E-state index in [4.69, 9.17) is 14.5 Å². The quantitative estimate of drug-likeness (QED) is 0.214. The van der Waals surface area contributed by atoms with Crippen LogP contribution in [0, 0.1) is 0 Å². The van der Waals surface area contributed by atoms with E-state index >= 15 is 0 Å². The SMILES string of the molecule is O=P([O-])([O-])C(NCCCCOc1ccccn1)P(=O)(O)O.[Na+].[Na+]. The van der Waals surface area contributed by atoms with Crippen LogP contribution in [0.15, 0.2) is 24.4 Å². The molecule has 1 atom stereocenters. The second-order valence-corrected chi connectivity index (χ2v) is 7.88. The van der Waals surface area contributed by atoms with Crippen LogP contribution in [0.3, 0.4) is 0 Å². The first-order valence-electron chi connectivity index (χ1n) is 6.05. The topological polar surface area (TPSA) is 155 Å². The van der Waals surface area contributed by atoms with Gasteiger partial charge in [-0.25, -0.2) is 4.98 Å². The molecular formula is C10H16N2Na2O7P2. The van der Waals surface area contributed by atoms with E-state index < -0.39 is 20.7 Å². The van der Waals surface area contributed by atoms with Crippen LogP contribution in [0.2, 0.25) is 0 Å². The van der Waals surface area contributed by atoms with Crippen LogP contribution < -0.4 is 79.0 Å². The molecule has 0 saturated carbocycles. The second-order valence-electron chi connectivity index (χ2n) is 4.18. The molecule has 1 rings (SSSR count). The predicted octanol–water partition coefficient (Wildman–Crippen LogP) is -6.79. The summed E-state index contributed by atoms with van der Waals surface area (Å²) < 4.78 is 27.0. The summed E-state index contributed by atoms with van der Waals surface area (Å²) in [5.41, 5.74) is -2.39. The van der Waals surface area contributed by atoms with Gasteiger partial charge in [0.05, 0.1) is 6.61 Å². The Balaban J connectivity index is 0. The van der Waals surface area contributed by atoms with Gasteiger partial charge in [0, 0.05) is 12.3 Å². The number of pyridine rings is 1. The molecule has 0 saturated heterocycles. The van der Waals surface area contributed by atoms with Gasteiger partial charge in [-0.1, -0.05) is 6.07 Å². The van der Waals surface area contributed by atoms with Crippen molar-refractivity contribution >= 4 is 15.2 Å². The van der Waals surface area contributed by atoms with Crippen molar-refractivity contribution in [3.63, 3.8) is 0 Å². The summed E-state index contributed by atoms with van der Waals surface area (Å²) >= 11 is 0. The Morgan fingerprint density at radius 3 is 2.35 bits per heavy atom. The van der Waals surface area contributed by atoms with Crippen LogP contribution >= 0.6 is 15.2 Å². The number of unbranched alkanes of at least 4 members (excludes halogenated alkanes) is 1. The fourth-order valence-corrected chi connectivity index (χ4v) is 3.68. The minimum absolute atomic E-state index is 0. The zero-order valence-corrected chi connectivity index (χ0v) is 18.8. The van der Waals surface area contributed by atoms with Crippen molar-refractivity contribution in [2.24, 2.45) is 0 Å². The van der Waals surface area contributed by atoms with Gasteiger partial charge in [0.25, 0.3) is 0 Å². The van der Waals surface area contributed by atoms with Gasteiger partial charge in [-0.2, -0.15) is 0 Å². The first-order valence-corrected chi connectivity index (χ1v) is 9.35. The molecule has 1 heterocycles. The standard InChI is InChI=1S/C10H18N2O7P2.2Na/c13-20(14,15)10(21(16,17)18)12-7-3-4-8-19-9-5-1-2-6-11-9;;/h1-2,5-6,10,12H,3-4,7-8H2,(H2,13,14,15)(H2,16,17,18);;/q;2*+1/p-2.